The first-order chi connectivity index (χ1) is 9.97. The van der Waals surface area contributed by atoms with Gasteiger partial charge in [-0.05, 0) is 30.3 Å². The number of nitrogens with one attached hydrogen (secondary N) is 1. The number of hydrogen-bond donors (Lipinski definition) is 2. The number of carbonyl (C=O) groups is 1. The van der Waals surface area contributed by atoms with Gasteiger partial charge in [-0.2, -0.15) is 0 Å². The van der Waals surface area contributed by atoms with Gasteiger partial charge in [0, 0.05) is 5.02 Å². The van der Waals surface area contributed by atoms with Crippen molar-refractivity contribution in [1.82, 2.24) is 0 Å². The van der Waals surface area contributed by atoms with Gasteiger partial charge in [-0.1, -0.05) is 23.7 Å². The first kappa shape index (κ1) is 15.5. The number of nitrogen functional groups attached to an aromatic ring is 1. The lowest BCUT2D eigenvalue weighted by Crippen LogP contribution is -2.20. The van der Waals surface area contributed by atoms with E-state index in [-0.39, 0.29) is 10.6 Å². The van der Waals surface area contributed by atoms with Crippen LogP contribution in [0.15, 0.2) is 47.4 Å². The third-order valence-corrected chi connectivity index (χ3v) is 4.21. The van der Waals surface area contributed by atoms with Gasteiger partial charge < -0.3 is 11.1 Å². The number of rotatable bonds is 4. The predicted molar refractivity (Wildman–Crippen MR) is 82.2 cm³/mol. The molecule has 1 amide bonds. The van der Waals surface area contributed by atoms with E-state index in [1.807, 2.05) is 0 Å². The van der Waals surface area contributed by atoms with Crippen LogP contribution in [0.3, 0.4) is 0 Å². The minimum absolute atomic E-state index is 0.00767. The minimum atomic E-state index is -1.77. The molecule has 0 bridgehead atoms. The van der Waals surface area contributed by atoms with Gasteiger partial charge in [-0.3, -0.25) is 9.00 Å². The molecule has 3 N–H and O–H groups in total. The van der Waals surface area contributed by atoms with Crippen molar-refractivity contribution in [2.45, 2.75) is 4.90 Å². The van der Waals surface area contributed by atoms with Crippen LogP contribution in [0, 0.1) is 5.82 Å². The number of halogens is 2. The first-order valence-corrected chi connectivity index (χ1v) is 7.65. The van der Waals surface area contributed by atoms with Crippen LogP contribution in [0.4, 0.5) is 15.8 Å². The van der Waals surface area contributed by atoms with E-state index >= 15 is 0 Å². The Morgan fingerprint density at radius 3 is 2.71 bits per heavy atom. The maximum Gasteiger partial charge on any atom is 0.237 e. The summed E-state index contributed by atoms with van der Waals surface area (Å²) in [4.78, 5) is 11.8. The maximum absolute atomic E-state index is 13.5. The first-order valence-electron chi connectivity index (χ1n) is 5.95. The average molecular weight is 327 g/mol. The molecule has 21 heavy (non-hydrogen) atoms. The summed E-state index contributed by atoms with van der Waals surface area (Å²) in [6.45, 7) is 0. The van der Waals surface area contributed by atoms with Gasteiger partial charge in [0.05, 0.1) is 27.1 Å². The Bertz CT molecular complexity index is 709. The fourth-order valence-electron chi connectivity index (χ4n) is 1.65. The van der Waals surface area contributed by atoms with Crippen molar-refractivity contribution in [2.75, 3.05) is 16.8 Å². The van der Waals surface area contributed by atoms with Crippen LogP contribution < -0.4 is 11.1 Å². The molecule has 0 fully saturated rings. The molecule has 4 nitrogen and oxygen atoms in total. The van der Waals surface area contributed by atoms with Gasteiger partial charge in [-0.25, -0.2) is 4.39 Å². The highest BCUT2D eigenvalue weighted by Crippen LogP contribution is 2.23. The maximum atomic E-state index is 13.5. The third kappa shape index (κ3) is 4.03. The van der Waals surface area contributed by atoms with E-state index in [1.165, 1.54) is 24.3 Å². The number of hydrogen-bond acceptors (Lipinski definition) is 3. The van der Waals surface area contributed by atoms with Crippen molar-refractivity contribution >= 4 is 39.7 Å². The lowest BCUT2D eigenvalue weighted by atomic mass is 10.2. The monoisotopic (exact) mass is 326 g/mol. The standard InChI is InChI=1S/C14H12ClFN2O2S/c15-9-5-6-11(17)12(7-9)18-14(19)8-21(20)13-4-2-1-3-10(13)16/h1-7H,8,17H2,(H,18,19). The molecule has 0 aliphatic heterocycles. The van der Waals surface area contributed by atoms with Gasteiger partial charge in [-0.15, -0.1) is 0 Å². The SMILES string of the molecule is Nc1ccc(Cl)cc1NC(=O)CS(=O)c1ccccc1F. The molecule has 2 rings (SSSR count). The fourth-order valence-corrected chi connectivity index (χ4v) is 2.80. The van der Waals surface area contributed by atoms with Gasteiger partial charge in [0.15, 0.2) is 0 Å². The summed E-state index contributed by atoms with van der Waals surface area (Å²) in [7, 11) is -1.77. The van der Waals surface area contributed by atoms with Crippen LogP contribution in [-0.2, 0) is 15.6 Å². The molecule has 0 saturated heterocycles. The zero-order valence-corrected chi connectivity index (χ0v) is 12.4. The Morgan fingerprint density at radius 2 is 2.00 bits per heavy atom. The highest BCUT2D eigenvalue weighted by Gasteiger charge is 2.14. The zero-order valence-electron chi connectivity index (χ0n) is 10.8. The van der Waals surface area contributed by atoms with Crippen LogP contribution >= 0.6 is 11.6 Å². The van der Waals surface area contributed by atoms with Crippen LogP contribution in [0.25, 0.3) is 0 Å². The molecule has 2 aromatic rings. The lowest BCUT2D eigenvalue weighted by molar-refractivity contribution is -0.113. The lowest BCUT2D eigenvalue weighted by Gasteiger charge is -2.08. The largest absolute Gasteiger partial charge is 0.397 e. The normalized spacial score (nSPS) is 11.9. The van der Waals surface area contributed by atoms with Crippen LogP contribution in [0.5, 0.6) is 0 Å². The summed E-state index contributed by atoms with van der Waals surface area (Å²) < 4.78 is 25.4. The Kier molecular flexibility index (Phi) is 4.93. The van der Waals surface area contributed by atoms with Gasteiger partial charge >= 0.3 is 0 Å². The highest BCUT2D eigenvalue weighted by atomic mass is 35.5. The molecule has 0 heterocycles. The van der Waals surface area contributed by atoms with Gasteiger partial charge in [0.2, 0.25) is 5.91 Å². The molecule has 110 valence electrons. The average Bonchev–Trinajstić information content (AvgIpc) is 2.43. The fraction of sp³-hybridized carbons (Fsp3) is 0.0714. The van der Waals surface area contributed by atoms with Gasteiger partial charge in [0.1, 0.15) is 11.6 Å². The molecule has 2 aromatic carbocycles. The predicted octanol–water partition coefficient (Wildman–Crippen LogP) is 2.81. The molecule has 0 aliphatic rings. The summed E-state index contributed by atoms with van der Waals surface area (Å²) in [6, 6.07) is 10.2. The number of anilines is 2. The summed E-state index contributed by atoms with van der Waals surface area (Å²) in [5.74, 6) is -1.51. The Hall–Kier alpha value is -1.92. The molecule has 7 heteroatoms. The van der Waals surface area contributed by atoms with Crippen molar-refractivity contribution in [3.05, 3.63) is 53.3 Å². The minimum Gasteiger partial charge on any atom is -0.397 e. The highest BCUT2D eigenvalue weighted by molar-refractivity contribution is 7.85. The molecular weight excluding hydrogens is 315 g/mol. The molecule has 0 aliphatic carbocycles. The summed E-state index contributed by atoms with van der Waals surface area (Å²) in [6.07, 6.45) is 0. The van der Waals surface area contributed by atoms with Crippen molar-refractivity contribution in [1.29, 1.82) is 0 Å². The summed E-state index contributed by atoms with van der Waals surface area (Å²) in [5.41, 5.74) is 6.36. The van der Waals surface area contributed by atoms with E-state index in [4.69, 9.17) is 17.3 Å². The van der Waals surface area contributed by atoms with Crippen molar-refractivity contribution < 1.29 is 13.4 Å². The van der Waals surface area contributed by atoms with E-state index in [9.17, 15) is 13.4 Å². The zero-order chi connectivity index (χ0) is 15.4. The van der Waals surface area contributed by atoms with Crippen LogP contribution in [0.1, 0.15) is 0 Å². The molecule has 0 spiro atoms. The number of carbonyl (C=O) groups excluding carboxylic acids is 1. The Labute approximate surface area is 128 Å². The molecule has 1 unspecified atom stereocenters. The molecule has 0 radical (unpaired) electrons. The van der Waals surface area contributed by atoms with Crippen LogP contribution in [0.2, 0.25) is 5.02 Å². The molecule has 1 atom stereocenters. The summed E-state index contributed by atoms with van der Waals surface area (Å²) >= 11 is 5.81. The second kappa shape index (κ2) is 6.69. The van der Waals surface area contributed by atoms with Crippen molar-refractivity contribution in [2.24, 2.45) is 0 Å². The van der Waals surface area contributed by atoms with Crippen molar-refractivity contribution in [3.8, 4) is 0 Å². The van der Waals surface area contributed by atoms with E-state index < -0.39 is 22.5 Å². The second-order valence-corrected chi connectivity index (χ2v) is 6.06. The summed E-state index contributed by atoms with van der Waals surface area (Å²) in [5, 5.41) is 2.92. The smallest absolute Gasteiger partial charge is 0.237 e. The molecule has 0 saturated carbocycles. The van der Waals surface area contributed by atoms with E-state index in [0.29, 0.717) is 16.4 Å². The van der Waals surface area contributed by atoms with E-state index in [2.05, 4.69) is 5.32 Å². The Morgan fingerprint density at radius 1 is 1.29 bits per heavy atom. The molecular formula is C14H12ClFN2O2S. The van der Waals surface area contributed by atoms with Crippen LogP contribution in [-0.4, -0.2) is 15.9 Å². The van der Waals surface area contributed by atoms with E-state index in [0.717, 1.165) is 0 Å². The third-order valence-electron chi connectivity index (χ3n) is 2.63. The number of amides is 1. The molecule has 0 aromatic heterocycles. The Balaban J connectivity index is 2.07. The second-order valence-electron chi connectivity index (χ2n) is 4.20. The van der Waals surface area contributed by atoms with Crippen molar-refractivity contribution in [3.63, 3.8) is 0 Å². The quantitative estimate of drug-likeness (QED) is 0.849. The number of nitrogens with two attached hydrogens (primary N) is 1. The van der Waals surface area contributed by atoms with E-state index in [1.54, 1.807) is 18.2 Å². The number of benzene rings is 2. The topological polar surface area (TPSA) is 72.2 Å². The van der Waals surface area contributed by atoms with Gasteiger partial charge in [0.25, 0.3) is 0 Å².